The fraction of sp³-hybridized carbons (Fsp3) is 0.833. The fourth-order valence-electron chi connectivity index (χ4n) is 2.18. The van der Waals surface area contributed by atoms with Crippen molar-refractivity contribution in [1.29, 1.82) is 0 Å². The number of nitrogens with two attached hydrogens (primary N) is 1. The number of nitrogens with zero attached hydrogens (tertiary/aromatic N) is 1. The summed E-state index contributed by atoms with van der Waals surface area (Å²) in [5.74, 6) is -0.0612. The van der Waals surface area contributed by atoms with Crippen LogP contribution in [0.1, 0.15) is 26.7 Å². The highest BCUT2D eigenvalue weighted by atomic mass is 16.5. The Labute approximate surface area is 108 Å². The molecule has 0 aromatic heterocycles. The van der Waals surface area contributed by atoms with Crippen molar-refractivity contribution >= 4 is 12.0 Å². The molecule has 1 fully saturated rings. The highest BCUT2D eigenvalue weighted by molar-refractivity contribution is 5.76. The third-order valence-corrected chi connectivity index (χ3v) is 3.34. The lowest BCUT2D eigenvalue weighted by Gasteiger charge is -2.34. The largest absolute Gasteiger partial charge is 0.468 e. The van der Waals surface area contributed by atoms with Gasteiger partial charge < -0.3 is 20.7 Å². The summed E-state index contributed by atoms with van der Waals surface area (Å²) in [6, 6.07) is -0.436. The number of likely N-dealkylation sites (tertiary alicyclic amines) is 1. The Kier molecular flexibility index (Phi) is 5.40. The van der Waals surface area contributed by atoms with Crippen LogP contribution in [0.15, 0.2) is 0 Å². The van der Waals surface area contributed by atoms with E-state index in [0.717, 1.165) is 12.8 Å². The van der Waals surface area contributed by atoms with Gasteiger partial charge in [0.15, 0.2) is 0 Å². The summed E-state index contributed by atoms with van der Waals surface area (Å²) in [6.45, 7) is 5.23. The number of nitrogens with one attached hydrogen (secondary N) is 1. The Morgan fingerprint density at radius 3 is 2.28 bits per heavy atom. The van der Waals surface area contributed by atoms with Gasteiger partial charge in [-0.1, -0.05) is 13.8 Å². The molecule has 0 radical (unpaired) electrons. The van der Waals surface area contributed by atoms with E-state index < -0.39 is 0 Å². The van der Waals surface area contributed by atoms with Crippen LogP contribution in [-0.4, -0.2) is 49.2 Å². The van der Waals surface area contributed by atoms with Crippen LogP contribution in [0, 0.1) is 5.92 Å². The number of hydrogen-bond acceptors (Lipinski definition) is 4. The van der Waals surface area contributed by atoms with Gasteiger partial charge in [-0.05, 0) is 18.8 Å². The zero-order valence-electron chi connectivity index (χ0n) is 11.3. The monoisotopic (exact) mass is 257 g/mol. The molecular weight excluding hydrogens is 234 g/mol. The van der Waals surface area contributed by atoms with Gasteiger partial charge in [0, 0.05) is 19.1 Å². The number of primary amides is 1. The molecule has 0 aromatic rings. The molecule has 1 aliphatic heterocycles. The van der Waals surface area contributed by atoms with Crippen LogP contribution in [0.3, 0.4) is 0 Å². The predicted molar refractivity (Wildman–Crippen MR) is 68.0 cm³/mol. The topological polar surface area (TPSA) is 84.7 Å². The second-order valence-electron chi connectivity index (χ2n) is 5.01. The van der Waals surface area contributed by atoms with Gasteiger partial charge in [0.2, 0.25) is 0 Å². The number of carbonyl (C=O) groups is 2. The molecule has 0 spiro atoms. The molecule has 104 valence electrons. The van der Waals surface area contributed by atoms with Crippen LogP contribution < -0.4 is 11.1 Å². The van der Waals surface area contributed by atoms with Crippen LogP contribution in [-0.2, 0) is 9.53 Å². The van der Waals surface area contributed by atoms with E-state index in [4.69, 9.17) is 10.5 Å². The Bertz CT molecular complexity index is 299. The van der Waals surface area contributed by atoms with Crippen molar-refractivity contribution in [1.82, 2.24) is 10.2 Å². The van der Waals surface area contributed by atoms with Crippen LogP contribution in [0.4, 0.5) is 4.79 Å². The zero-order valence-corrected chi connectivity index (χ0v) is 11.3. The maximum absolute atomic E-state index is 11.6. The summed E-state index contributed by atoms with van der Waals surface area (Å²) in [6.07, 6.45) is 1.62. The Morgan fingerprint density at radius 1 is 1.33 bits per heavy atom. The second-order valence-corrected chi connectivity index (χ2v) is 5.01. The number of ether oxygens (including phenoxy) is 1. The van der Waals surface area contributed by atoms with Crippen molar-refractivity contribution in [3.8, 4) is 0 Å². The molecule has 1 aliphatic rings. The Balaban J connectivity index is 2.47. The molecule has 1 rings (SSSR count). The summed E-state index contributed by atoms with van der Waals surface area (Å²) in [5.41, 5.74) is 5.22. The number of rotatable bonds is 4. The normalized spacial score (nSPS) is 18.8. The van der Waals surface area contributed by atoms with Gasteiger partial charge in [-0.25, -0.2) is 4.79 Å². The Hall–Kier alpha value is -1.30. The summed E-state index contributed by atoms with van der Waals surface area (Å²) >= 11 is 0. The molecule has 0 saturated carbocycles. The first-order valence-electron chi connectivity index (χ1n) is 6.34. The van der Waals surface area contributed by atoms with E-state index in [1.54, 1.807) is 4.90 Å². The minimum atomic E-state index is -0.373. The SMILES string of the molecule is COC(=O)[C@H](NC1CCN(C(N)=O)CC1)C(C)C. The second kappa shape index (κ2) is 6.58. The third-order valence-electron chi connectivity index (χ3n) is 3.34. The number of piperidine rings is 1. The van der Waals surface area contributed by atoms with Crippen LogP contribution in [0.5, 0.6) is 0 Å². The molecule has 2 amide bonds. The maximum Gasteiger partial charge on any atom is 0.323 e. The molecule has 3 N–H and O–H groups in total. The lowest BCUT2D eigenvalue weighted by molar-refractivity contribution is -0.144. The lowest BCUT2D eigenvalue weighted by Crippen LogP contribution is -2.52. The van der Waals surface area contributed by atoms with Crippen molar-refractivity contribution in [3.63, 3.8) is 0 Å². The van der Waals surface area contributed by atoms with E-state index in [9.17, 15) is 9.59 Å². The maximum atomic E-state index is 11.6. The van der Waals surface area contributed by atoms with E-state index in [0.29, 0.717) is 13.1 Å². The van der Waals surface area contributed by atoms with Gasteiger partial charge in [-0.3, -0.25) is 4.79 Å². The molecule has 18 heavy (non-hydrogen) atoms. The molecule has 0 bridgehead atoms. The molecule has 6 heteroatoms. The van der Waals surface area contributed by atoms with E-state index >= 15 is 0 Å². The number of urea groups is 1. The van der Waals surface area contributed by atoms with Crippen molar-refractivity contribution < 1.29 is 14.3 Å². The summed E-state index contributed by atoms with van der Waals surface area (Å²) in [4.78, 5) is 24.3. The quantitative estimate of drug-likeness (QED) is 0.710. The van der Waals surface area contributed by atoms with E-state index in [2.05, 4.69) is 5.32 Å². The van der Waals surface area contributed by atoms with Gasteiger partial charge >= 0.3 is 12.0 Å². The molecule has 0 aromatic carbocycles. The van der Waals surface area contributed by atoms with Crippen LogP contribution in [0.2, 0.25) is 0 Å². The minimum absolute atomic E-state index is 0.173. The molecule has 0 aliphatic carbocycles. The smallest absolute Gasteiger partial charge is 0.323 e. The number of hydrogen-bond donors (Lipinski definition) is 2. The number of esters is 1. The lowest BCUT2D eigenvalue weighted by atomic mass is 9.99. The average molecular weight is 257 g/mol. The molecule has 6 nitrogen and oxygen atoms in total. The number of amides is 2. The summed E-state index contributed by atoms with van der Waals surface area (Å²) in [5, 5.41) is 3.31. The summed E-state index contributed by atoms with van der Waals surface area (Å²) < 4.78 is 4.79. The zero-order chi connectivity index (χ0) is 13.7. The number of carbonyl (C=O) groups excluding carboxylic acids is 2. The highest BCUT2D eigenvalue weighted by Crippen LogP contribution is 2.13. The standard InChI is InChI=1S/C12H23N3O3/c1-8(2)10(11(16)18-3)14-9-4-6-15(7-5-9)12(13)17/h8-10,14H,4-7H2,1-3H3,(H2,13,17)/t10-/m1/s1. The van der Waals surface area contributed by atoms with Gasteiger partial charge in [0.05, 0.1) is 7.11 Å². The van der Waals surface area contributed by atoms with Gasteiger partial charge in [-0.2, -0.15) is 0 Å². The van der Waals surface area contributed by atoms with E-state index in [1.165, 1.54) is 7.11 Å². The van der Waals surface area contributed by atoms with Crippen molar-refractivity contribution in [2.24, 2.45) is 11.7 Å². The molecular formula is C12H23N3O3. The van der Waals surface area contributed by atoms with E-state index in [1.807, 2.05) is 13.8 Å². The van der Waals surface area contributed by atoms with Crippen molar-refractivity contribution in [3.05, 3.63) is 0 Å². The van der Waals surface area contributed by atoms with Gasteiger partial charge in [-0.15, -0.1) is 0 Å². The molecule has 1 heterocycles. The third kappa shape index (κ3) is 3.87. The van der Waals surface area contributed by atoms with Crippen molar-refractivity contribution in [2.45, 2.75) is 38.8 Å². The number of methoxy groups -OCH3 is 1. The predicted octanol–water partition coefficient (Wildman–Crippen LogP) is 0.317. The average Bonchev–Trinajstić information content (AvgIpc) is 2.35. The fourth-order valence-corrected chi connectivity index (χ4v) is 2.18. The summed E-state index contributed by atoms with van der Waals surface area (Å²) in [7, 11) is 1.40. The first-order valence-corrected chi connectivity index (χ1v) is 6.34. The minimum Gasteiger partial charge on any atom is -0.468 e. The van der Waals surface area contributed by atoms with Gasteiger partial charge in [0.25, 0.3) is 0 Å². The molecule has 1 saturated heterocycles. The van der Waals surface area contributed by atoms with Crippen LogP contribution in [0.25, 0.3) is 0 Å². The van der Waals surface area contributed by atoms with E-state index in [-0.39, 0.29) is 30.0 Å². The van der Waals surface area contributed by atoms with Gasteiger partial charge in [0.1, 0.15) is 6.04 Å². The molecule has 0 unspecified atom stereocenters. The molecule has 1 atom stereocenters. The van der Waals surface area contributed by atoms with Crippen LogP contribution >= 0.6 is 0 Å². The first-order chi connectivity index (χ1) is 8.45. The first kappa shape index (κ1) is 14.8. The van der Waals surface area contributed by atoms with Crippen molar-refractivity contribution in [2.75, 3.05) is 20.2 Å². The Morgan fingerprint density at radius 2 is 1.89 bits per heavy atom. The highest BCUT2D eigenvalue weighted by Gasteiger charge is 2.28.